The van der Waals surface area contributed by atoms with E-state index < -0.39 is 0 Å². The van der Waals surface area contributed by atoms with Crippen LogP contribution in [-0.4, -0.2) is 68.2 Å². The van der Waals surface area contributed by atoms with Crippen molar-refractivity contribution in [1.82, 2.24) is 29.5 Å². The fourth-order valence-corrected chi connectivity index (χ4v) is 3.35. The van der Waals surface area contributed by atoms with Crippen LogP contribution in [0.1, 0.15) is 16.9 Å². The molecule has 4 rings (SSSR count). The number of benzene rings is 1. The SMILES string of the molecule is O=C(c1n[nH]c2ccccc12)N1CCN(CCCn2ccnc2)CC1. The Morgan fingerprint density at radius 1 is 1.12 bits per heavy atom. The van der Waals surface area contributed by atoms with Gasteiger partial charge in [0.05, 0.1) is 11.8 Å². The van der Waals surface area contributed by atoms with E-state index in [2.05, 4.69) is 24.6 Å². The Morgan fingerprint density at radius 3 is 2.76 bits per heavy atom. The zero-order valence-corrected chi connectivity index (χ0v) is 14.1. The summed E-state index contributed by atoms with van der Waals surface area (Å²) >= 11 is 0. The fourth-order valence-electron chi connectivity index (χ4n) is 3.35. The summed E-state index contributed by atoms with van der Waals surface area (Å²) < 4.78 is 2.10. The minimum atomic E-state index is 0.0236. The number of H-pyrrole nitrogens is 1. The molecule has 3 aromatic rings. The van der Waals surface area contributed by atoms with Crippen molar-refractivity contribution in [3.63, 3.8) is 0 Å². The summed E-state index contributed by atoms with van der Waals surface area (Å²) in [6.07, 6.45) is 6.74. The minimum absolute atomic E-state index is 0.0236. The average Bonchev–Trinajstić information content (AvgIpc) is 3.31. The monoisotopic (exact) mass is 338 g/mol. The zero-order chi connectivity index (χ0) is 17.1. The first kappa shape index (κ1) is 15.8. The van der Waals surface area contributed by atoms with Crippen LogP contribution in [-0.2, 0) is 6.54 Å². The van der Waals surface area contributed by atoms with Gasteiger partial charge < -0.3 is 9.47 Å². The van der Waals surface area contributed by atoms with Gasteiger partial charge in [-0.15, -0.1) is 0 Å². The van der Waals surface area contributed by atoms with E-state index in [1.807, 2.05) is 47.9 Å². The zero-order valence-electron chi connectivity index (χ0n) is 14.1. The quantitative estimate of drug-likeness (QED) is 0.767. The summed E-state index contributed by atoms with van der Waals surface area (Å²) in [7, 11) is 0. The second-order valence-electron chi connectivity index (χ2n) is 6.41. The Morgan fingerprint density at radius 2 is 1.96 bits per heavy atom. The van der Waals surface area contributed by atoms with E-state index in [1.165, 1.54) is 0 Å². The smallest absolute Gasteiger partial charge is 0.275 e. The lowest BCUT2D eigenvalue weighted by atomic mass is 10.2. The maximum atomic E-state index is 12.8. The number of nitrogens with one attached hydrogen (secondary N) is 1. The van der Waals surface area contributed by atoms with Crippen LogP contribution in [0.4, 0.5) is 0 Å². The number of imidazole rings is 1. The molecule has 0 bridgehead atoms. The summed E-state index contributed by atoms with van der Waals surface area (Å²) in [5, 5.41) is 8.07. The Balaban J connectivity index is 1.30. The van der Waals surface area contributed by atoms with Gasteiger partial charge in [-0.3, -0.25) is 14.8 Å². The van der Waals surface area contributed by atoms with E-state index in [4.69, 9.17) is 0 Å². The van der Waals surface area contributed by atoms with Crippen LogP contribution < -0.4 is 0 Å². The first-order valence-corrected chi connectivity index (χ1v) is 8.72. The molecule has 1 amide bonds. The third kappa shape index (κ3) is 3.41. The number of hydrogen-bond acceptors (Lipinski definition) is 4. The normalized spacial score (nSPS) is 15.8. The Labute approximate surface area is 146 Å². The topological polar surface area (TPSA) is 70.1 Å². The number of aryl methyl sites for hydroxylation is 1. The molecule has 7 heteroatoms. The van der Waals surface area contributed by atoms with Crippen molar-refractivity contribution in [3.8, 4) is 0 Å². The molecule has 1 aliphatic heterocycles. The Bertz CT molecular complexity index is 832. The lowest BCUT2D eigenvalue weighted by Gasteiger charge is -2.34. The first-order valence-electron chi connectivity index (χ1n) is 8.72. The number of rotatable bonds is 5. The lowest BCUT2D eigenvalue weighted by molar-refractivity contribution is 0.0630. The van der Waals surface area contributed by atoms with Gasteiger partial charge in [0.2, 0.25) is 0 Å². The molecule has 0 saturated carbocycles. The van der Waals surface area contributed by atoms with Crippen molar-refractivity contribution >= 4 is 16.8 Å². The Hall–Kier alpha value is -2.67. The Kier molecular flexibility index (Phi) is 4.47. The molecule has 2 aromatic heterocycles. The van der Waals surface area contributed by atoms with Crippen LogP contribution in [0.5, 0.6) is 0 Å². The minimum Gasteiger partial charge on any atom is -0.337 e. The molecule has 0 spiro atoms. The van der Waals surface area contributed by atoms with E-state index in [1.54, 1.807) is 0 Å². The molecule has 1 fully saturated rings. The molecule has 1 N–H and O–H groups in total. The average molecular weight is 338 g/mol. The molecule has 7 nitrogen and oxygen atoms in total. The molecule has 0 atom stereocenters. The third-order valence-electron chi connectivity index (χ3n) is 4.78. The molecule has 0 unspecified atom stereocenters. The van der Waals surface area contributed by atoms with Gasteiger partial charge in [-0.1, -0.05) is 18.2 Å². The largest absolute Gasteiger partial charge is 0.337 e. The summed E-state index contributed by atoms with van der Waals surface area (Å²) in [4.78, 5) is 21.2. The van der Waals surface area contributed by atoms with Crippen molar-refractivity contribution in [1.29, 1.82) is 0 Å². The van der Waals surface area contributed by atoms with Crippen LogP contribution in [0.3, 0.4) is 0 Å². The van der Waals surface area contributed by atoms with E-state index >= 15 is 0 Å². The van der Waals surface area contributed by atoms with Crippen LogP contribution in [0.15, 0.2) is 43.0 Å². The summed E-state index contributed by atoms with van der Waals surface area (Å²) in [6.45, 7) is 5.37. The second kappa shape index (κ2) is 7.06. The van der Waals surface area contributed by atoms with E-state index in [0.717, 1.165) is 56.6 Å². The summed E-state index contributed by atoms with van der Waals surface area (Å²) in [6, 6.07) is 7.76. The fraction of sp³-hybridized carbons (Fsp3) is 0.389. The highest BCUT2D eigenvalue weighted by molar-refractivity contribution is 6.04. The van der Waals surface area contributed by atoms with Crippen molar-refractivity contribution in [2.24, 2.45) is 0 Å². The molecular weight excluding hydrogens is 316 g/mol. The molecule has 1 aromatic carbocycles. The molecule has 1 saturated heterocycles. The number of aromatic amines is 1. The van der Waals surface area contributed by atoms with Crippen molar-refractivity contribution in [3.05, 3.63) is 48.7 Å². The molecule has 130 valence electrons. The summed E-state index contributed by atoms with van der Waals surface area (Å²) in [5.74, 6) is 0.0236. The lowest BCUT2D eigenvalue weighted by Crippen LogP contribution is -2.49. The van der Waals surface area contributed by atoms with Crippen LogP contribution in [0.2, 0.25) is 0 Å². The number of piperazine rings is 1. The molecule has 0 aliphatic carbocycles. The predicted octanol–water partition coefficient (Wildman–Crippen LogP) is 1.61. The number of amides is 1. The van der Waals surface area contributed by atoms with Gasteiger partial charge in [0.1, 0.15) is 0 Å². The highest BCUT2D eigenvalue weighted by atomic mass is 16.2. The first-order chi connectivity index (χ1) is 12.3. The van der Waals surface area contributed by atoms with Gasteiger partial charge in [0.25, 0.3) is 5.91 Å². The number of aromatic nitrogens is 4. The van der Waals surface area contributed by atoms with Crippen LogP contribution in [0, 0.1) is 0 Å². The number of carbonyl (C=O) groups is 1. The molecule has 1 aliphatic rings. The van der Waals surface area contributed by atoms with Gasteiger partial charge in [-0.2, -0.15) is 5.10 Å². The number of hydrogen-bond donors (Lipinski definition) is 1. The highest BCUT2D eigenvalue weighted by Gasteiger charge is 2.24. The standard InChI is InChI=1S/C18H22N6O/c25-18(17-15-4-1-2-5-16(15)20-21-17)24-12-10-22(11-13-24)7-3-8-23-9-6-19-14-23/h1-2,4-6,9,14H,3,7-8,10-13H2,(H,20,21). The van der Waals surface area contributed by atoms with Gasteiger partial charge in [0.15, 0.2) is 5.69 Å². The third-order valence-corrected chi connectivity index (χ3v) is 4.78. The van der Waals surface area contributed by atoms with E-state index in [0.29, 0.717) is 5.69 Å². The predicted molar refractivity (Wildman–Crippen MR) is 95.3 cm³/mol. The van der Waals surface area contributed by atoms with Crippen LogP contribution in [0.25, 0.3) is 10.9 Å². The van der Waals surface area contributed by atoms with Gasteiger partial charge in [-0.25, -0.2) is 4.98 Å². The van der Waals surface area contributed by atoms with Crippen LogP contribution >= 0.6 is 0 Å². The number of para-hydroxylation sites is 1. The van der Waals surface area contributed by atoms with Gasteiger partial charge in [-0.05, 0) is 19.0 Å². The second-order valence-corrected chi connectivity index (χ2v) is 6.41. The summed E-state index contributed by atoms with van der Waals surface area (Å²) in [5.41, 5.74) is 1.44. The molecule has 3 heterocycles. The number of fused-ring (bicyclic) bond motifs is 1. The van der Waals surface area contributed by atoms with Crippen molar-refractivity contribution in [2.75, 3.05) is 32.7 Å². The number of carbonyl (C=O) groups excluding carboxylic acids is 1. The van der Waals surface area contributed by atoms with Gasteiger partial charge >= 0.3 is 0 Å². The molecule has 0 radical (unpaired) electrons. The van der Waals surface area contributed by atoms with Crippen molar-refractivity contribution in [2.45, 2.75) is 13.0 Å². The van der Waals surface area contributed by atoms with Crippen molar-refractivity contribution < 1.29 is 4.79 Å². The molecule has 25 heavy (non-hydrogen) atoms. The molecular formula is C18H22N6O. The highest BCUT2D eigenvalue weighted by Crippen LogP contribution is 2.17. The van der Waals surface area contributed by atoms with E-state index in [9.17, 15) is 4.79 Å². The maximum absolute atomic E-state index is 12.8. The maximum Gasteiger partial charge on any atom is 0.275 e. The van der Waals surface area contributed by atoms with Gasteiger partial charge in [0, 0.05) is 50.5 Å². The number of nitrogens with zero attached hydrogens (tertiary/aromatic N) is 5. The van der Waals surface area contributed by atoms with E-state index in [-0.39, 0.29) is 5.91 Å².